The first-order valence-electron chi connectivity index (χ1n) is 18.4. The predicted molar refractivity (Wildman–Crippen MR) is 173 cm³/mol. The molecule has 0 amide bonds. The second kappa shape index (κ2) is 16.7. The van der Waals surface area contributed by atoms with E-state index < -0.39 is 35.0 Å². The molecule has 0 spiro atoms. The third kappa shape index (κ3) is 10.0. The van der Waals surface area contributed by atoms with Gasteiger partial charge in [0.1, 0.15) is 0 Å². The fraction of sp³-hybridized carbons (Fsp3) is 0.718. The summed E-state index contributed by atoms with van der Waals surface area (Å²) in [4.78, 5) is 3.94. The number of rotatable bonds is 21. The molecule has 6 heteroatoms. The summed E-state index contributed by atoms with van der Waals surface area (Å²) in [5.74, 6) is -6.02. The summed E-state index contributed by atoms with van der Waals surface area (Å²) >= 11 is 0. The molecule has 2 saturated carbocycles. The highest BCUT2D eigenvalue weighted by molar-refractivity contribution is 5.63. The summed E-state index contributed by atoms with van der Waals surface area (Å²) in [5.41, 5.74) is -0.555. The number of unbranched alkanes of at least 4 members (excludes halogenated alkanes) is 12. The number of hydrogen-bond donors (Lipinski definition) is 0. The van der Waals surface area contributed by atoms with Crippen molar-refractivity contribution in [2.75, 3.05) is 0 Å². The number of pyridine rings is 1. The van der Waals surface area contributed by atoms with E-state index >= 15 is 17.6 Å². The first-order valence-corrected chi connectivity index (χ1v) is 18.4. The lowest BCUT2D eigenvalue weighted by Gasteiger charge is -2.34. The summed E-state index contributed by atoms with van der Waals surface area (Å²) < 4.78 is 76.6. The van der Waals surface area contributed by atoms with E-state index in [2.05, 4.69) is 4.98 Å². The quantitative estimate of drug-likeness (QED) is 0.0759. The number of aryl methyl sites for hydroxylation is 2. The van der Waals surface area contributed by atoms with Crippen LogP contribution in [0, 0.1) is 35.3 Å². The largest absolute Gasteiger partial charge is 0.279 e. The van der Waals surface area contributed by atoms with Crippen LogP contribution in [0.5, 0.6) is 0 Å². The molecule has 1 aromatic heterocycles. The normalized spacial score (nSPS) is 19.2. The molecule has 0 bridgehead atoms. The highest BCUT2D eigenvalue weighted by atomic mass is 19.3. The smallest absolute Gasteiger partial charge is 0.219 e. The molecule has 2 aromatic rings. The van der Waals surface area contributed by atoms with Crippen LogP contribution < -0.4 is 0 Å². The Morgan fingerprint density at radius 1 is 0.622 bits per heavy atom. The van der Waals surface area contributed by atoms with E-state index in [0.717, 1.165) is 50.4 Å². The van der Waals surface area contributed by atoms with Gasteiger partial charge in [0.2, 0.25) is 5.95 Å². The fourth-order valence-electron chi connectivity index (χ4n) is 7.42. The molecule has 0 aliphatic heterocycles. The van der Waals surface area contributed by atoms with E-state index in [1.807, 2.05) is 0 Å². The number of aromatic nitrogens is 1. The van der Waals surface area contributed by atoms with Crippen molar-refractivity contribution < 1.29 is 22.0 Å². The summed E-state index contributed by atoms with van der Waals surface area (Å²) in [6.45, 7) is 0. The number of nitrogens with zero attached hydrogens (tertiary/aromatic N) is 1. The van der Waals surface area contributed by atoms with Gasteiger partial charge in [0.15, 0.2) is 11.6 Å². The lowest BCUT2D eigenvalue weighted by molar-refractivity contribution is -0.0823. The van der Waals surface area contributed by atoms with Crippen molar-refractivity contribution in [2.24, 2.45) is 17.8 Å². The summed E-state index contributed by atoms with van der Waals surface area (Å²) in [5, 5.41) is 0. The lowest BCUT2D eigenvalue weighted by Crippen LogP contribution is -2.33. The van der Waals surface area contributed by atoms with Crippen LogP contribution in [-0.4, -0.2) is 4.98 Å². The molecular weight excluding hydrogens is 577 g/mol. The molecule has 5 rings (SSSR count). The average molecular weight is 632 g/mol. The Kier molecular flexibility index (Phi) is 12.8. The van der Waals surface area contributed by atoms with Crippen molar-refractivity contribution in [1.82, 2.24) is 4.98 Å². The minimum Gasteiger partial charge on any atom is -0.219 e. The third-order valence-corrected chi connectivity index (χ3v) is 10.7. The van der Waals surface area contributed by atoms with Crippen LogP contribution in [0.15, 0.2) is 18.2 Å². The van der Waals surface area contributed by atoms with Crippen molar-refractivity contribution in [2.45, 2.75) is 160 Å². The zero-order valence-corrected chi connectivity index (χ0v) is 27.3. The minimum absolute atomic E-state index is 0.0559. The zero-order valence-electron chi connectivity index (χ0n) is 27.3. The van der Waals surface area contributed by atoms with Crippen molar-refractivity contribution in [3.05, 3.63) is 52.5 Å². The van der Waals surface area contributed by atoms with Gasteiger partial charge in [0, 0.05) is 17.0 Å². The van der Waals surface area contributed by atoms with Crippen LogP contribution >= 0.6 is 0 Å². The number of benzene rings is 1. The molecule has 0 N–H and O–H groups in total. The molecule has 1 unspecified atom stereocenters. The van der Waals surface area contributed by atoms with Crippen LogP contribution in [0.2, 0.25) is 0 Å². The highest BCUT2D eigenvalue weighted by Crippen LogP contribution is 2.49. The van der Waals surface area contributed by atoms with Crippen LogP contribution in [0.1, 0.15) is 158 Å². The van der Waals surface area contributed by atoms with E-state index in [0.29, 0.717) is 24.8 Å². The molecule has 3 aliphatic rings. The number of halogens is 5. The van der Waals surface area contributed by atoms with Gasteiger partial charge in [-0.25, -0.2) is 22.5 Å². The van der Waals surface area contributed by atoms with E-state index in [-0.39, 0.29) is 29.7 Å². The SMILES string of the molecule is Fc1nc(-c2cc3c(c(F)c2F)C(F)(F)C(CCCCCCCCCC2CC2)CC3)ccc1CCCCCCCCCC1CC1. The summed E-state index contributed by atoms with van der Waals surface area (Å²) in [6, 6.07) is 4.33. The van der Waals surface area contributed by atoms with E-state index in [1.165, 1.54) is 95.6 Å². The van der Waals surface area contributed by atoms with E-state index in [9.17, 15) is 4.39 Å². The van der Waals surface area contributed by atoms with Gasteiger partial charge in [-0.2, -0.15) is 4.39 Å². The Hall–Kier alpha value is -1.98. The first kappa shape index (κ1) is 34.4. The van der Waals surface area contributed by atoms with Crippen molar-refractivity contribution in [3.63, 3.8) is 0 Å². The molecule has 1 nitrogen and oxygen atoms in total. The molecule has 2 fully saturated rings. The number of hydrogen-bond acceptors (Lipinski definition) is 1. The second-order valence-electron chi connectivity index (χ2n) is 14.5. The van der Waals surface area contributed by atoms with E-state index in [4.69, 9.17) is 0 Å². The maximum absolute atomic E-state index is 15.5. The molecular formula is C39H54F5N. The molecule has 45 heavy (non-hydrogen) atoms. The minimum atomic E-state index is -3.43. The van der Waals surface area contributed by atoms with Gasteiger partial charge < -0.3 is 0 Å². The average Bonchev–Trinajstić information content (AvgIpc) is 3.95. The predicted octanol–water partition coefficient (Wildman–Crippen LogP) is 12.8. The Bertz CT molecular complexity index is 1220. The van der Waals surface area contributed by atoms with Gasteiger partial charge in [-0.3, -0.25) is 0 Å². The zero-order chi connectivity index (χ0) is 31.6. The van der Waals surface area contributed by atoms with Gasteiger partial charge in [-0.15, -0.1) is 0 Å². The molecule has 0 radical (unpaired) electrons. The lowest BCUT2D eigenvalue weighted by atomic mass is 9.77. The van der Waals surface area contributed by atoms with Gasteiger partial charge >= 0.3 is 0 Å². The fourth-order valence-corrected chi connectivity index (χ4v) is 7.42. The Morgan fingerprint density at radius 2 is 1.16 bits per heavy atom. The van der Waals surface area contributed by atoms with Crippen LogP contribution in [0.4, 0.5) is 22.0 Å². The highest BCUT2D eigenvalue weighted by Gasteiger charge is 2.48. The molecule has 3 aliphatic carbocycles. The maximum Gasteiger partial charge on any atom is 0.279 e. The van der Waals surface area contributed by atoms with Gasteiger partial charge in [0.25, 0.3) is 5.92 Å². The van der Waals surface area contributed by atoms with E-state index in [1.54, 1.807) is 6.07 Å². The Balaban J connectivity index is 1.08. The number of fused-ring (bicyclic) bond motifs is 1. The van der Waals surface area contributed by atoms with Crippen LogP contribution in [0.25, 0.3) is 11.3 Å². The molecule has 1 atom stereocenters. The van der Waals surface area contributed by atoms with Gasteiger partial charge in [0.05, 0.1) is 11.3 Å². The maximum atomic E-state index is 15.5. The molecule has 250 valence electrons. The van der Waals surface area contributed by atoms with Crippen LogP contribution in [-0.2, 0) is 18.8 Å². The number of alkyl halides is 2. The van der Waals surface area contributed by atoms with Crippen molar-refractivity contribution in [1.29, 1.82) is 0 Å². The van der Waals surface area contributed by atoms with Crippen molar-refractivity contribution in [3.8, 4) is 11.3 Å². The second-order valence-corrected chi connectivity index (χ2v) is 14.5. The third-order valence-electron chi connectivity index (χ3n) is 10.7. The van der Waals surface area contributed by atoms with Gasteiger partial charge in [-0.05, 0) is 61.6 Å². The monoisotopic (exact) mass is 631 g/mol. The van der Waals surface area contributed by atoms with Crippen LogP contribution in [0.3, 0.4) is 0 Å². The van der Waals surface area contributed by atoms with Gasteiger partial charge in [-0.1, -0.05) is 128 Å². The first-order chi connectivity index (χ1) is 21.8. The topological polar surface area (TPSA) is 12.9 Å². The molecule has 0 saturated heterocycles. The van der Waals surface area contributed by atoms with Crippen molar-refractivity contribution >= 4 is 0 Å². The standard InChI is InChI=1S/C39H54F5N/c40-36-33(34-26-24-30(38(42)45-34)17-13-9-5-1-3-7-11-15-28-19-20-28)27-31-23-25-32(39(43,44)35(31)37(36)41)18-14-10-6-2-4-8-12-16-29-21-22-29/h24,26-29,32H,1-23,25H2. The molecule has 1 heterocycles. The Labute approximate surface area is 268 Å². The Morgan fingerprint density at radius 3 is 1.71 bits per heavy atom. The molecule has 1 aromatic carbocycles. The summed E-state index contributed by atoms with van der Waals surface area (Å²) in [7, 11) is 0. The summed E-state index contributed by atoms with van der Waals surface area (Å²) in [6.07, 6.45) is 25.3.